The number of amides is 1. The van der Waals surface area contributed by atoms with E-state index in [0.717, 1.165) is 5.69 Å². The van der Waals surface area contributed by atoms with E-state index in [4.69, 9.17) is 5.73 Å². The number of hydrogen-bond acceptors (Lipinski definition) is 4. The lowest BCUT2D eigenvalue weighted by atomic mass is 9.74. The van der Waals surface area contributed by atoms with Gasteiger partial charge < -0.3 is 11.1 Å². The highest BCUT2D eigenvalue weighted by molar-refractivity contribution is 5.97. The van der Waals surface area contributed by atoms with Gasteiger partial charge in [0.25, 0.3) is 0 Å². The predicted octanol–water partition coefficient (Wildman–Crippen LogP) is 1.97. The molecule has 0 atom stereocenters. The van der Waals surface area contributed by atoms with Gasteiger partial charge in [0.15, 0.2) is 0 Å². The molecular weight excluding hydrogens is 266 g/mol. The first-order valence-corrected chi connectivity index (χ1v) is 6.78. The lowest BCUT2D eigenvalue weighted by Crippen LogP contribution is -2.53. The van der Waals surface area contributed by atoms with E-state index in [1.807, 2.05) is 52.0 Å². The Balaban J connectivity index is 2.31. The third kappa shape index (κ3) is 2.95. The van der Waals surface area contributed by atoms with Crippen molar-refractivity contribution in [2.24, 2.45) is 11.1 Å². The molecule has 1 aromatic carbocycles. The molecule has 2 rings (SSSR count). The van der Waals surface area contributed by atoms with Crippen LogP contribution in [0.1, 0.15) is 27.7 Å². The van der Waals surface area contributed by atoms with Gasteiger partial charge in [0.2, 0.25) is 5.91 Å². The second-order valence-corrected chi connectivity index (χ2v) is 6.16. The lowest BCUT2D eigenvalue weighted by molar-refractivity contribution is -0.126. The van der Waals surface area contributed by atoms with Crippen molar-refractivity contribution in [2.75, 3.05) is 5.32 Å². The van der Waals surface area contributed by atoms with Crippen LogP contribution in [0.5, 0.6) is 0 Å². The Hall–Kier alpha value is -2.21. The second kappa shape index (κ2) is 5.29. The topological polar surface area (TPSA) is 85.8 Å². The molecule has 1 heterocycles. The van der Waals surface area contributed by atoms with Crippen LogP contribution in [0.4, 0.5) is 5.69 Å². The summed E-state index contributed by atoms with van der Waals surface area (Å²) >= 11 is 0. The molecule has 0 radical (unpaired) electrons. The van der Waals surface area contributed by atoms with Crippen molar-refractivity contribution in [1.29, 1.82) is 0 Å². The van der Waals surface area contributed by atoms with Gasteiger partial charge in [0.1, 0.15) is 12.7 Å². The van der Waals surface area contributed by atoms with E-state index in [0.29, 0.717) is 5.69 Å². The largest absolute Gasteiger partial charge is 0.325 e. The SMILES string of the molecule is CC(C)(N)C(C)(C)C(=O)Nc1ccccc1-n1cncn1. The number of carbonyl (C=O) groups excluding carboxylic acids is 1. The summed E-state index contributed by atoms with van der Waals surface area (Å²) in [5.41, 5.74) is 6.18. The smallest absolute Gasteiger partial charge is 0.231 e. The molecule has 0 spiro atoms. The number of nitrogens with one attached hydrogen (secondary N) is 1. The quantitative estimate of drug-likeness (QED) is 0.900. The molecular formula is C15H21N5O. The average molecular weight is 287 g/mol. The number of nitrogens with zero attached hydrogens (tertiary/aromatic N) is 3. The van der Waals surface area contributed by atoms with Gasteiger partial charge in [-0.15, -0.1) is 0 Å². The first kappa shape index (κ1) is 15.2. The van der Waals surface area contributed by atoms with Crippen LogP contribution in [0.2, 0.25) is 0 Å². The fraction of sp³-hybridized carbons (Fsp3) is 0.400. The number of rotatable bonds is 4. The monoisotopic (exact) mass is 287 g/mol. The first-order valence-electron chi connectivity index (χ1n) is 6.78. The van der Waals surface area contributed by atoms with E-state index in [9.17, 15) is 4.79 Å². The van der Waals surface area contributed by atoms with Gasteiger partial charge in [-0.05, 0) is 39.8 Å². The maximum Gasteiger partial charge on any atom is 0.231 e. The Kier molecular flexibility index (Phi) is 3.82. The van der Waals surface area contributed by atoms with Crippen LogP contribution < -0.4 is 11.1 Å². The van der Waals surface area contributed by atoms with Gasteiger partial charge >= 0.3 is 0 Å². The van der Waals surface area contributed by atoms with E-state index >= 15 is 0 Å². The van der Waals surface area contributed by atoms with Gasteiger partial charge in [0, 0.05) is 5.54 Å². The number of aromatic nitrogens is 3. The van der Waals surface area contributed by atoms with E-state index in [2.05, 4.69) is 15.4 Å². The van der Waals surface area contributed by atoms with Crippen LogP contribution in [0.15, 0.2) is 36.9 Å². The van der Waals surface area contributed by atoms with Crippen molar-refractivity contribution >= 4 is 11.6 Å². The molecule has 3 N–H and O–H groups in total. The van der Waals surface area contributed by atoms with Crippen LogP contribution >= 0.6 is 0 Å². The maximum atomic E-state index is 12.6. The Morgan fingerprint density at radius 2 is 1.90 bits per heavy atom. The van der Waals surface area contributed by atoms with Crippen molar-refractivity contribution in [1.82, 2.24) is 14.8 Å². The fourth-order valence-electron chi connectivity index (χ4n) is 1.68. The fourth-order valence-corrected chi connectivity index (χ4v) is 1.68. The minimum absolute atomic E-state index is 0.137. The van der Waals surface area contributed by atoms with Crippen LogP contribution in [0.25, 0.3) is 5.69 Å². The standard InChI is InChI=1S/C15H21N5O/c1-14(2,15(3,4)16)13(21)19-11-7-5-6-8-12(11)20-10-17-9-18-20/h5-10H,16H2,1-4H3,(H,19,21). The Labute approximate surface area is 124 Å². The minimum atomic E-state index is -0.720. The van der Waals surface area contributed by atoms with Crippen molar-refractivity contribution in [2.45, 2.75) is 33.2 Å². The normalized spacial score (nSPS) is 12.2. The summed E-state index contributed by atoms with van der Waals surface area (Å²) in [7, 11) is 0. The van der Waals surface area contributed by atoms with Gasteiger partial charge in [0.05, 0.1) is 16.8 Å². The number of anilines is 1. The van der Waals surface area contributed by atoms with E-state index in [-0.39, 0.29) is 5.91 Å². The molecule has 6 heteroatoms. The first-order chi connectivity index (χ1) is 9.73. The van der Waals surface area contributed by atoms with E-state index < -0.39 is 11.0 Å². The number of para-hydroxylation sites is 2. The van der Waals surface area contributed by atoms with Gasteiger partial charge in [-0.2, -0.15) is 5.10 Å². The molecule has 6 nitrogen and oxygen atoms in total. The third-order valence-electron chi connectivity index (χ3n) is 4.00. The summed E-state index contributed by atoms with van der Waals surface area (Å²) in [6.45, 7) is 7.35. The Morgan fingerprint density at radius 3 is 2.48 bits per heavy atom. The lowest BCUT2D eigenvalue weighted by Gasteiger charge is -2.37. The van der Waals surface area contributed by atoms with E-state index in [1.165, 1.54) is 6.33 Å². The molecule has 0 unspecified atom stereocenters. The molecule has 2 aromatic rings. The number of hydrogen-bond donors (Lipinski definition) is 2. The number of benzene rings is 1. The zero-order valence-electron chi connectivity index (χ0n) is 12.8. The molecule has 112 valence electrons. The predicted molar refractivity (Wildman–Crippen MR) is 82.0 cm³/mol. The van der Waals surface area contributed by atoms with Crippen molar-refractivity contribution in [3.05, 3.63) is 36.9 Å². The summed E-state index contributed by atoms with van der Waals surface area (Å²) in [5.74, 6) is -0.137. The highest BCUT2D eigenvalue weighted by Gasteiger charge is 2.40. The zero-order valence-corrected chi connectivity index (χ0v) is 12.8. The molecule has 1 amide bonds. The molecule has 0 fully saturated rings. The summed E-state index contributed by atoms with van der Waals surface area (Å²) in [4.78, 5) is 16.5. The number of nitrogens with two attached hydrogens (primary N) is 1. The van der Waals surface area contributed by atoms with Crippen LogP contribution in [0.3, 0.4) is 0 Å². The summed E-state index contributed by atoms with van der Waals surface area (Å²) in [5, 5.41) is 7.03. The molecule has 21 heavy (non-hydrogen) atoms. The summed E-state index contributed by atoms with van der Waals surface area (Å²) in [6, 6.07) is 7.43. The molecule has 0 saturated carbocycles. The molecule has 0 saturated heterocycles. The number of carbonyl (C=O) groups is 1. The molecule has 0 aliphatic rings. The van der Waals surface area contributed by atoms with E-state index in [1.54, 1.807) is 11.0 Å². The summed E-state index contributed by atoms with van der Waals surface area (Å²) in [6.07, 6.45) is 3.04. The van der Waals surface area contributed by atoms with Gasteiger partial charge in [-0.25, -0.2) is 9.67 Å². The summed E-state index contributed by atoms with van der Waals surface area (Å²) < 4.78 is 1.61. The van der Waals surface area contributed by atoms with Crippen molar-refractivity contribution in [3.8, 4) is 5.69 Å². The third-order valence-corrected chi connectivity index (χ3v) is 4.00. The molecule has 0 aliphatic carbocycles. The van der Waals surface area contributed by atoms with Crippen molar-refractivity contribution in [3.63, 3.8) is 0 Å². The highest BCUT2D eigenvalue weighted by Crippen LogP contribution is 2.30. The van der Waals surface area contributed by atoms with Crippen molar-refractivity contribution < 1.29 is 4.79 Å². The Morgan fingerprint density at radius 1 is 1.24 bits per heavy atom. The molecule has 1 aromatic heterocycles. The van der Waals surface area contributed by atoms with Crippen LogP contribution in [-0.4, -0.2) is 26.2 Å². The minimum Gasteiger partial charge on any atom is -0.325 e. The van der Waals surface area contributed by atoms with Gasteiger partial charge in [-0.1, -0.05) is 12.1 Å². The zero-order chi connectivity index (χ0) is 15.7. The Bertz CT molecular complexity index is 626. The van der Waals surface area contributed by atoms with Crippen LogP contribution in [0, 0.1) is 5.41 Å². The molecule has 0 aliphatic heterocycles. The second-order valence-electron chi connectivity index (χ2n) is 6.16. The molecule has 0 bridgehead atoms. The van der Waals surface area contributed by atoms with Gasteiger partial charge in [-0.3, -0.25) is 4.79 Å². The average Bonchev–Trinajstić information content (AvgIpc) is 2.91. The highest BCUT2D eigenvalue weighted by atomic mass is 16.2. The maximum absolute atomic E-state index is 12.6. The van der Waals surface area contributed by atoms with Crippen LogP contribution in [-0.2, 0) is 4.79 Å².